The van der Waals surface area contributed by atoms with Crippen molar-refractivity contribution < 1.29 is 24.7 Å². The number of nitrogens with zero attached hydrogens (tertiary/aromatic N) is 1. The number of aliphatic hydroxyl groups is 1. The minimum Gasteiger partial charge on any atom is -0.503 e. The van der Waals surface area contributed by atoms with Gasteiger partial charge in [-0.05, 0) is 6.07 Å². The van der Waals surface area contributed by atoms with E-state index in [9.17, 15) is 4.79 Å². The molecule has 0 aliphatic carbocycles. The van der Waals surface area contributed by atoms with Gasteiger partial charge in [-0.15, -0.1) is 0 Å². The molecular formula is C9H12NO4+. The zero-order chi connectivity index (χ0) is 10.7. The Kier molecular flexibility index (Phi) is 3.03. The van der Waals surface area contributed by atoms with Gasteiger partial charge in [-0.3, -0.25) is 0 Å². The van der Waals surface area contributed by atoms with Gasteiger partial charge >= 0.3 is 5.97 Å². The first kappa shape index (κ1) is 10.5. The average Bonchev–Trinajstić information content (AvgIpc) is 2.16. The number of aromatic hydroxyl groups is 1. The number of pyridine rings is 1. The van der Waals surface area contributed by atoms with Crippen LogP contribution < -0.4 is 4.57 Å². The molecule has 1 aromatic heterocycles. The molecule has 1 rings (SSSR count). The van der Waals surface area contributed by atoms with Gasteiger partial charge < -0.3 is 15.3 Å². The smallest absolute Gasteiger partial charge is 0.373 e. The summed E-state index contributed by atoms with van der Waals surface area (Å²) < 4.78 is 1.32. The Hall–Kier alpha value is -1.62. The summed E-state index contributed by atoms with van der Waals surface area (Å²) in [4.78, 5) is 10.7. The van der Waals surface area contributed by atoms with Gasteiger partial charge in [0.2, 0.25) is 11.9 Å². The number of hydrogen-bond donors (Lipinski definition) is 3. The quantitative estimate of drug-likeness (QED) is 0.588. The van der Waals surface area contributed by atoms with Crippen LogP contribution in [-0.4, -0.2) is 21.3 Å². The molecule has 0 saturated carbocycles. The molecule has 1 atom stereocenters. The minimum absolute atomic E-state index is 0.0321. The first-order valence-corrected chi connectivity index (χ1v) is 4.13. The highest BCUT2D eigenvalue weighted by Gasteiger charge is 2.24. The van der Waals surface area contributed by atoms with Crippen molar-refractivity contribution in [3.63, 3.8) is 0 Å². The molecule has 5 nitrogen and oxygen atoms in total. The van der Waals surface area contributed by atoms with Crippen LogP contribution in [0.15, 0.2) is 18.3 Å². The Bertz CT molecular complexity index is 351. The second kappa shape index (κ2) is 4.06. The summed E-state index contributed by atoms with van der Waals surface area (Å²) in [6.45, 7) is 1.21. The summed E-state index contributed by atoms with van der Waals surface area (Å²) in [6.07, 6.45) is 1.28. The minimum atomic E-state index is -1.02. The van der Waals surface area contributed by atoms with Crippen molar-refractivity contribution >= 4 is 5.97 Å². The van der Waals surface area contributed by atoms with E-state index < -0.39 is 12.0 Å². The van der Waals surface area contributed by atoms with E-state index in [-0.39, 0.29) is 12.4 Å². The molecule has 0 aromatic carbocycles. The highest BCUT2D eigenvalue weighted by molar-refractivity contribution is 5.69. The van der Waals surface area contributed by atoms with Gasteiger partial charge in [0.05, 0.1) is 0 Å². The van der Waals surface area contributed by atoms with Crippen LogP contribution in [0.5, 0.6) is 5.75 Å². The fourth-order valence-electron chi connectivity index (χ4n) is 1.15. The van der Waals surface area contributed by atoms with E-state index in [1.165, 1.54) is 29.8 Å². The second-order valence-electron chi connectivity index (χ2n) is 2.96. The van der Waals surface area contributed by atoms with E-state index in [0.29, 0.717) is 5.69 Å². The lowest BCUT2D eigenvalue weighted by atomic mass is 10.2. The molecule has 0 fully saturated rings. The highest BCUT2D eigenvalue weighted by atomic mass is 16.4. The maximum absolute atomic E-state index is 10.7. The van der Waals surface area contributed by atoms with Gasteiger partial charge in [-0.2, -0.15) is 4.57 Å². The average molecular weight is 198 g/mol. The fraction of sp³-hybridized carbons (Fsp3) is 0.333. The molecule has 0 aliphatic heterocycles. The molecule has 3 N–H and O–H groups in total. The predicted molar refractivity (Wildman–Crippen MR) is 46.6 cm³/mol. The number of carbonyl (C=O) groups is 1. The van der Waals surface area contributed by atoms with Gasteiger partial charge in [0.25, 0.3) is 6.04 Å². The molecule has 0 saturated heterocycles. The molecule has 5 heteroatoms. The molecular weight excluding hydrogens is 186 g/mol. The third-order valence-corrected chi connectivity index (χ3v) is 1.99. The zero-order valence-corrected chi connectivity index (χ0v) is 7.71. The first-order valence-electron chi connectivity index (χ1n) is 4.13. The van der Waals surface area contributed by atoms with Crippen molar-refractivity contribution in [1.29, 1.82) is 0 Å². The maximum atomic E-state index is 10.7. The molecule has 0 spiro atoms. The van der Waals surface area contributed by atoms with Crippen LogP contribution in [0.2, 0.25) is 0 Å². The number of aliphatic carboxylic acids is 1. The summed E-state index contributed by atoms with van der Waals surface area (Å²) in [5.41, 5.74) is 0.442. The number of carboxylic acid groups (broad SMARTS) is 1. The second-order valence-corrected chi connectivity index (χ2v) is 2.96. The van der Waals surface area contributed by atoms with Crippen LogP contribution in [0.1, 0.15) is 18.7 Å². The largest absolute Gasteiger partial charge is 0.503 e. The standard InChI is InChI=1S/C9H11NO4/c1-6(9(13)14)10-4-8(12)3-2-7(10)5-11/h2-4,6,11H,5H2,1H3,(H-,12,13,14)/p+1. The van der Waals surface area contributed by atoms with Crippen molar-refractivity contribution in [3.05, 3.63) is 24.0 Å². The van der Waals surface area contributed by atoms with E-state index in [1.54, 1.807) is 0 Å². The van der Waals surface area contributed by atoms with Crippen molar-refractivity contribution in [2.75, 3.05) is 0 Å². The van der Waals surface area contributed by atoms with Crippen LogP contribution in [0.25, 0.3) is 0 Å². The molecule has 0 bridgehead atoms. The molecule has 14 heavy (non-hydrogen) atoms. The van der Waals surface area contributed by atoms with Crippen LogP contribution >= 0.6 is 0 Å². The molecule has 0 aliphatic rings. The van der Waals surface area contributed by atoms with Crippen LogP contribution in [0.4, 0.5) is 0 Å². The third kappa shape index (κ3) is 2.00. The van der Waals surface area contributed by atoms with Gasteiger partial charge in [0, 0.05) is 13.0 Å². The zero-order valence-electron chi connectivity index (χ0n) is 7.71. The Morgan fingerprint density at radius 3 is 2.71 bits per heavy atom. The van der Waals surface area contributed by atoms with Gasteiger partial charge in [0.15, 0.2) is 5.75 Å². The Morgan fingerprint density at radius 1 is 1.57 bits per heavy atom. The molecule has 1 aromatic rings. The Labute approximate surface area is 80.9 Å². The summed E-state index contributed by atoms with van der Waals surface area (Å²) >= 11 is 0. The van der Waals surface area contributed by atoms with Crippen LogP contribution in [-0.2, 0) is 11.4 Å². The Balaban J connectivity index is 3.16. The summed E-state index contributed by atoms with van der Waals surface area (Å²) in [7, 11) is 0. The van der Waals surface area contributed by atoms with E-state index in [4.69, 9.17) is 15.3 Å². The third-order valence-electron chi connectivity index (χ3n) is 1.99. The number of aromatic nitrogens is 1. The monoisotopic (exact) mass is 198 g/mol. The SMILES string of the molecule is CC(C(=O)O)[n+]1cc(O)ccc1CO. The first-order chi connectivity index (χ1) is 6.56. The number of rotatable bonds is 3. The highest BCUT2D eigenvalue weighted by Crippen LogP contribution is 2.08. The molecule has 0 radical (unpaired) electrons. The lowest BCUT2D eigenvalue weighted by molar-refractivity contribution is -0.716. The molecule has 76 valence electrons. The molecule has 1 heterocycles. The summed E-state index contributed by atoms with van der Waals surface area (Å²) in [6, 6.07) is 2.06. The van der Waals surface area contributed by atoms with E-state index in [1.807, 2.05) is 0 Å². The van der Waals surface area contributed by atoms with Crippen molar-refractivity contribution in [3.8, 4) is 5.75 Å². The number of carboxylic acids is 1. The maximum Gasteiger partial charge on any atom is 0.373 e. The predicted octanol–water partition coefficient (Wildman–Crippen LogP) is -0.182. The summed E-state index contributed by atoms with van der Waals surface area (Å²) in [5, 5.41) is 26.9. The molecule has 0 amide bonds. The lowest BCUT2D eigenvalue weighted by Gasteiger charge is -2.05. The van der Waals surface area contributed by atoms with Crippen LogP contribution in [0.3, 0.4) is 0 Å². The van der Waals surface area contributed by atoms with Crippen LogP contribution in [0, 0.1) is 0 Å². The fourth-order valence-corrected chi connectivity index (χ4v) is 1.15. The number of aliphatic hydroxyl groups excluding tert-OH is 1. The molecule has 1 unspecified atom stereocenters. The lowest BCUT2D eigenvalue weighted by Crippen LogP contribution is -2.45. The van der Waals surface area contributed by atoms with Crippen molar-refractivity contribution in [2.24, 2.45) is 0 Å². The van der Waals surface area contributed by atoms with E-state index in [0.717, 1.165) is 0 Å². The van der Waals surface area contributed by atoms with Crippen molar-refractivity contribution in [2.45, 2.75) is 19.6 Å². The van der Waals surface area contributed by atoms with E-state index >= 15 is 0 Å². The van der Waals surface area contributed by atoms with Gasteiger partial charge in [0.1, 0.15) is 6.61 Å². The summed E-state index contributed by atoms with van der Waals surface area (Å²) in [5.74, 6) is -1.05. The normalized spacial score (nSPS) is 12.4. The topological polar surface area (TPSA) is 81.6 Å². The Morgan fingerprint density at radius 2 is 2.21 bits per heavy atom. The number of hydrogen-bond acceptors (Lipinski definition) is 3. The van der Waals surface area contributed by atoms with Crippen molar-refractivity contribution in [1.82, 2.24) is 0 Å². The van der Waals surface area contributed by atoms with E-state index in [2.05, 4.69) is 0 Å². The van der Waals surface area contributed by atoms with Gasteiger partial charge in [-0.1, -0.05) is 0 Å². The van der Waals surface area contributed by atoms with Gasteiger partial charge in [-0.25, -0.2) is 4.79 Å².